The Morgan fingerprint density at radius 3 is 2.78 bits per heavy atom. The van der Waals surface area contributed by atoms with Crippen LogP contribution in [0.25, 0.3) is 0 Å². The first-order valence-electron chi connectivity index (χ1n) is 7.12. The van der Waals surface area contributed by atoms with E-state index in [0.29, 0.717) is 18.0 Å². The van der Waals surface area contributed by atoms with Crippen LogP contribution in [0, 0.1) is 5.41 Å². The molecule has 0 spiro atoms. The molecule has 2 rings (SSSR count). The molecule has 2 aliphatic heterocycles. The number of likely N-dealkylation sites (tertiary alicyclic amines) is 1. The molecule has 0 unspecified atom stereocenters. The predicted molar refractivity (Wildman–Crippen MR) is 73.5 cm³/mol. The minimum absolute atomic E-state index is 0.179. The van der Waals surface area contributed by atoms with Crippen LogP contribution in [0.1, 0.15) is 33.1 Å². The van der Waals surface area contributed by atoms with Crippen LogP contribution in [0.2, 0.25) is 0 Å². The molecule has 2 fully saturated rings. The van der Waals surface area contributed by atoms with Crippen LogP contribution in [0.15, 0.2) is 0 Å². The predicted octanol–water partition coefficient (Wildman–Crippen LogP) is 0.927. The van der Waals surface area contributed by atoms with E-state index in [1.165, 1.54) is 0 Å². The lowest BCUT2D eigenvalue weighted by Crippen LogP contribution is -2.51. The van der Waals surface area contributed by atoms with Crippen molar-refractivity contribution in [1.29, 1.82) is 0 Å². The number of amides is 1. The molecule has 0 aromatic carbocycles. The Kier molecular flexibility index (Phi) is 3.97. The molecular weight excluding hydrogens is 226 g/mol. The highest BCUT2D eigenvalue weighted by atomic mass is 16.2. The van der Waals surface area contributed by atoms with E-state index in [0.717, 1.165) is 38.9 Å². The van der Waals surface area contributed by atoms with Gasteiger partial charge in [0.1, 0.15) is 0 Å². The number of carbonyl (C=O) groups is 1. The highest BCUT2D eigenvalue weighted by molar-refractivity contribution is 5.83. The highest BCUT2D eigenvalue weighted by Gasteiger charge is 2.40. The second-order valence-electron chi connectivity index (χ2n) is 6.41. The molecule has 18 heavy (non-hydrogen) atoms. The Balaban J connectivity index is 1.98. The van der Waals surface area contributed by atoms with E-state index in [1.807, 2.05) is 11.9 Å². The molecule has 2 heterocycles. The van der Waals surface area contributed by atoms with Crippen molar-refractivity contribution < 1.29 is 4.79 Å². The van der Waals surface area contributed by atoms with Crippen LogP contribution in [-0.2, 0) is 4.79 Å². The minimum Gasteiger partial charge on any atom is -0.342 e. The summed E-state index contributed by atoms with van der Waals surface area (Å²) in [4.78, 5) is 17.0. The fourth-order valence-electron chi connectivity index (χ4n) is 3.21. The average molecular weight is 253 g/mol. The van der Waals surface area contributed by atoms with Gasteiger partial charge < -0.3 is 15.1 Å². The standard InChI is InChI=1S/C14H27N3O/c1-11-9-12(5-8-16(11)3)17(4)13(18)14(2)6-7-15-10-14/h11-12,15H,5-10H2,1-4H3/t11-,12-,14+/m1/s1. The van der Waals surface area contributed by atoms with Gasteiger partial charge in [-0.2, -0.15) is 0 Å². The van der Waals surface area contributed by atoms with Crippen molar-refractivity contribution in [1.82, 2.24) is 15.1 Å². The summed E-state index contributed by atoms with van der Waals surface area (Å²) < 4.78 is 0. The zero-order valence-corrected chi connectivity index (χ0v) is 12.2. The van der Waals surface area contributed by atoms with Gasteiger partial charge >= 0.3 is 0 Å². The van der Waals surface area contributed by atoms with E-state index < -0.39 is 0 Å². The molecule has 2 aliphatic rings. The number of nitrogens with zero attached hydrogens (tertiary/aromatic N) is 2. The summed E-state index contributed by atoms with van der Waals surface area (Å²) >= 11 is 0. The normalized spacial score (nSPS) is 37.8. The maximum absolute atomic E-state index is 12.6. The van der Waals surface area contributed by atoms with Gasteiger partial charge in [0.05, 0.1) is 5.41 Å². The molecule has 1 amide bonds. The molecule has 0 aromatic heterocycles. The van der Waals surface area contributed by atoms with Gasteiger partial charge in [-0.25, -0.2) is 0 Å². The Bertz CT molecular complexity index is 312. The summed E-state index contributed by atoms with van der Waals surface area (Å²) in [5.41, 5.74) is -0.179. The van der Waals surface area contributed by atoms with Gasteiger partial charge in [0.2, 0.25) is 5.91 Å². The Hall–Kier alpha value is -0.610. The smallest absolute Gasteiger partial charge is 0.229 e. The molecule has 0 bridgehead atoms. The highest BCUT2D eigenvalue weighted by Crippen LogP contribution is 2.29. The second kappa shape index (κ2) is 5.17. The van der Waals surface area contributed by atoms with E-state index in [2.05, 4.69) is 31.1 Å². The van der Waals surface area contributed by atoms with Crippen LogP contribution >= 0.6 is 0 Å². The lowest BCUT2D eigenvalue weighted by molar-refractivity contribution is -0.142. The summed E-state index contributed by atoms with van der Waals surface area (Å²) in [5, 5.41) is 3.31. The third-order valence-electron chi connectivity index (χ3n) is 4.93. The number of hydrogen-bond donors (Lipinski definition) is 1. The van der Waals surface area contributed by atoms with E-state index in [4.69, 9.17) is 0 Å². The Morgan fingerprint density at radius 2 is 2.22 bits per heavy atom. The van der Waals surface area contributed by atoms with Crippen molar-refractivity contribution in [2.45, 2.75) is 45.2 Å². The summed E-state index contributed by atoms with van der Waals surface area (Å²) in [5.74, 6) is 0.328. The van der Waals surface area contributed by atoms with E-state index in [-0.39, 0.29) is 5.41 Å². The van der Waals surface area contributed by atoms with Crippen molar-refractivity contribution in [2.24, 2.45) is 5.41 Å². The Morgan fingerprint density at radius 1 is 1.50 bits per heavy atom. The summed E-state index contributed by atoms with van der Waals surface area (Å²) in [6.07, 6.45) is 3.17. The number of piperidine rings is 1. The van der Waals surface area contributed by atoms with Crippen molar-refractivity contribution in [3.05, 3.63) is 0 Å². The number of hydrogen-bond acceptors (Lipinski definition) is 3. The molecule has 0 radical (unpaired) electrons. The molecule has 0 aromatic rings. The molecule has 4 nitrogen and oxygen atoms in total. The zero-order chi connectivity index (χ0) is 13.3. The maximum atomic E-state index is 12.6. The first kappa shape index (κ1) is 13.8. The molecule has 0 aliphatic carbocycles. The van der Waals surface area contributed by atoms with Gasteiger partial charge in [-0.05, 0) is 46.7 Å². The van der Waals surface area contributed by atoms with Crippen LogP contribution in [0.5, 0.6) is 0 Å². The SMILES string of the molecule is C[C@@H]1C[C@H](N(C)C(=O)[C@@]2(C)CCNC2)CCN1C. The summed E-state index contributed by atoms with van der Waals surface area (Å²) in [6, 6.07) is 0.995. The monoisotopic (exact) mass is 253 g/mol. The van der Waals surface area contributed by atoms with E-state index in [1.54, 1.807) is 0 Å². The Labute approximate surface area is 111 Å². The fourth-order valence-corrected chi connectivity index (χ4v) is 3.21. The molecule has 0 saturated carbocycles. The third kappa shape index (κ3) is 2.54. The molecule has 4 heteroatoms. The van der Waals surface area contributed by atoms with Gasteiger partial charge in [-0.3, -0.25) is 4.79 Å². The van der Waals surface area contributed by atoms with E-state index >= 15 is 0 Å². The zero-order valence-electron chi connectivity index (χ0n) is 12.2. The molecule has 1 N–H and O–H groups in total. The van der Waals surface area contributed by atoms with Crippen LogP contribution in [-0.4, -0.2) is 61.5 Å². The number of nitrogens with one attached hydrogen (secondary N) is 1. The molecule has 104 valence electrons. The van der Waals surface area contributed by atoms with Gasteiger partial charge in [-0.1, -0.05) is 0 Å². The quantitative estimate of drug-likeness (QED) is 0.795. The minimum atomic E-state index is -0.179. The third-order valence-corrected chi connectivity index (χ3v) is 4.93. The topological polar surface area (TPSA) is 35.6 Å². The molecular formula is C14H27N3O. The lowest BCUT2D eigenvalue weighted by atomic mass is 9.86. The van der Waals surface area contributed by atoms with Crippen molar-refractivity contribution in [2.75, 3.05) is 33.7 Å². The average Bonchev–Trinajstić information content (AvgIpc) is 2.79. The molecule has 3 atom stereocenters. The largest absolute Gasteiger partial charge is 0.342 e. The summed E-state index contributed by atoms with van der Waals surface area (Å²) in [7, 11) is 4.17. The van der Waals surface area contributed by atoms with Gasteiger partial charge in [0.25, 0.3) is 0 Å². The van der Waals surface area contributed by atoms with Crippen LogP contribution < -0.4 is 5.32 Å². The first-order valence-corrected chi connectivity index (χ1v) is 7.12. The molecule has 2 saturated heterocycles. The van der Waals surface area contributed by atoms with Crippen molar-refractivity contribution in [3.8, 4) is 0 Å². The van der Waals surface area contributed by atoms with Gasteiger partial charge in [0, 0.05) is 32.2 Å². The van der Waals surface area contributed by atoms with Crippen molar-refractivity contribution >= 4 is 5.91 Å². The first-order chi connectivity index (χ1) is 8.44. The fraction of sp³-hybridized carbons (Fsp3) is 0.929. The second-order valence-corrected chi connectivity index (χ2v) is 6.41. The maximum Gasteiger partial charge on any atom is 0.229 e. The summed E-state index contributed by atoms with van der Waals surface area (Å²) in [6.45, 7) is 7.25. The number of rotatable bonds is 2. The van der Waals surface area contributed by atoms with Crippen molar-refractivity contribution in [3.63, 3.8) is 0 Å². The van der Waals surface area contributed by atoms with Crippen LogP contribution in [0.4, 0.5) is 0 Å². The van der Waals surface area contributed by atoms with E-state index in [9.17, 15) is 4.79 Å². The van der Waals surface area contributed by atoms with Gasteiger partial charge in [-0.15, -0.1) is 0 Å². The lowest BCUT2D eigenvalue weighted by Gasteiger charge is -2.41. The number of carbonyl (C=O) groups excluding carboxylic acids is 1. The van der Waals surface area contributed by atoms with Crippen LogP contribution in [0.3, 0.4) is 0 Å². The van der Waals surface area contributed by atoms with Gasteiger partial charge in [0.15, 0.2) is 0 Å².